The van der Waals surface area contributed by atoms with Gasteiger partial charge < -0.3 is 9.64 Å². The lowest BCUT2D eigenvalue weighted by Gasteiger charge is -2.21. The number of hydrogen-bond acceptors (Lipinski definition) is 2. The second kappa shape index (κ2) is 3.93. The third-order valence-corrected chi connectivity index (χ3v) is 3.98. The van der Waals surface area contributed by atoms with Gasteiger partial charge in [-0.05, 0) is 19.3 Å². The van der Waals surface area contributed by atoms with Crippen LogP contribution in [0.3, 0.4) is 0 Å². The minimum Gasteiger partial charge on any atom is -0.445 e. The Balaban J connectivity index is 1.98. The molecule has 2 rings (SSSR count). The highest BCUT2D eigenvalue weighted by Gasteiger charge is 2.48. The average Bonchev–Trinajstić information content (AvgIpc) is 2.70. The van der Waals surface area contributed by atoms with E-state index in [1.165, 1.54) is 0 Å². The maximum atomic E-state index is 11.6. The van der Waals surface area contributed by atoms with Crippen molar-refractivity contribution in [2.24, 2.45) is 0 Å². The van der Waals surface area contributed by atoms with Gasteiger partial charge in [-0.3, -0.25) is 0 Å². The predicted octanol–water partition coefficient (Wildman–Crippen LogP) is 2.31. The van der Waals surface area contributed by atoms with Gasteiger partial charge in [0.15, 0.2) is 0 Å². The summed E-state index contributed by atoms with van der Waals surface area (Å²) >= 11 is 3.60. The minimum absolute atomic E-state index is 0.181. The summed E-state index contributed by atoms with van der Waals surface area (Å²) < 4.78 is 5.05. The van der Waals surface area contributed by atoms with E-state index >= 15 is 0 Å². The largest absolute Gasteiger partial charge is 0.445 e. The molecule has 2 aliphatic heterocycles. The number of amides is 1. The molecule has 0 N–H and O–H groups in total. The lowest BCUT2D eigenvalue weighted by atomic mass is 10.0. The van der Waals surface area contributed by atoms with E-state index < -0.39 is 0 Å². The highest BCUT2D eigenvalue weighted by Crippen LogP contribution is 2.41. The Kier molecular flexibility index (Phi) is 2.81. The monoisotopic (exact) mass is 259 g/mol. The van der Waals surface area contributed by atoms with E-state index in [9.17, 15) is 4.79 Å². The van der Waals surface area contributed by atoms with Gasteiger partial charge >= 0.3 is 6.09 Å². The fourth-order valence-corrected chi connectivity index (χ4v) is 3.36. The van der Waals surface area contributed by atoms with Crippen LogP contribution in [0.5, 0.6) is 0 Å². The van der Waals surface area contributed by atoms with Crippen LogP contribution in [-0.4, -0.2) is 34.5 Å². The first-order valence-electron chi connectivity index (χ1n) is 4.94. The molecule has 0 aromatic rings. The van der Waals surface area contributed by atoms with E-state index in [0.717, 1.165) is 19.3 Å². The molecule has 3 nitrogen and oxygen atoms in total. The SMILES string of the molecule is C=CCOC(=O)N1[C@H]2CC[C@@H]1[C@@H](Br)C2. The zero-order valence-electron chi connectivity index (χ0n) is 7.99. The molecule has 2 saturated heterocycles. The van der Waals surface area contributed by atoms with Crippen LogP contribution in [0.4, 0.5) is 4.79 Å². The Morgan fingerprint density at radius 3 is 2.93 bits per heavy atom. The fourth-order valence-electron chi connectivity index (χ4n) is 2.40. The highest BCUT2D eigenvalue weighted by molar-refractivity contribution is 9.09. The summed E-state index contributed by atoms with van der Waals surface area (Å²) in [6, 6.07) is 0.735. The van der Waals surface area contributed by atoms with Crippen LogP contribution in [0.2, 0.25) is 0 Å². The van der Waals surface area contributed by atoms with Gasteiger partial charge in [-0.25, -0.2) is 4.79 Å². The zero-order valence-corrected chi connectivity index (χ0v) is 9.57. The molecule has 1 amide bonds. The highest BCUT2D eigenvalue weighted by atomic mass is 79.9. The van der Waals surface area contributed by atoms with Crippen molar-refractivity contribution in [1.29, 1.82) is 0 Å². The van der Waals surface area contributed by atoms with E-state index in [0.29, 0.717) is 23.5 Å². The van der Waals surface area contributed by atoms with E-state index in [1.54, 1.807) is 6.08 Å². The van der Waals surface area contributed by atoms with Crippen molar-refractivity contribution in [1.82, 2.24) is 4.90 Å². The summed E-state index contributed by atoms with van der Waals surface area (Å²) in [5, 5.41) is 0. The molecule has 2 heterocycles. The standard InChI is InChI=1S/C10H14BrNO2/c1-2-5-14-10(13)12-7-3-4-9(12)8(11)6-7/h2,7-9H,1,3-6H2/t7-,8-,9+/m0/s1. The molecule has 0 aromatic heterocycles. The van der Waals surface area contributed by atoms with Crippen molar-refractivity contribution in [2.45, 2.75) is 36.2 Å². The van der Waals surface area contributed by atoms with Crippen LogP contribution in [0.25, 0.3) is 0 Å². The van der Waals surface area contributed by atoms with Gasteiger partial charge in [0.1, 0.15) is 6.61 Å². The van der Waals surface area contributed by atoms with Crippen molar-refractivity contribution >= 4 is 22.0 Å². The molecule has 0 spiro atoms. The Bertz CT molecular complexity index is 257. The molecule has 3 atom stereocenters. The van der Waals surface area contributed by atoms with Gasteiger partial charge in [-0.1, -0.05) is 28.6 Å². The third kappa shape index (κ3) is 1.56. The van der Waals surface area contributed by atoms with E-state index in [1.807, 2.05) is 4.90 Å². The Hall–Kier alpha value is -0.510. The summed E-state index contributed by atoms with van der Waals surface area (Å²) in [5.74, 6) is 0. The smallest absolute Gasteiger partial charge is 0.410 e. The van der Waals surface area contributed by atoms with E-state index in [2.05, 4.69) is 22.5 Å². The fraction of sp³-hybridized carbons (Fsp3) is 0.700. The number of alkyl halides is 1. The maximum absolute atomic E-state index is 11.6. The van der Waals surface area contributed by atoms with Crippen molar-refractivity contribution < 1.29 is 9.53 Å². The predicted molar refractivity (Wildman–Crippen MR) is 57.5 cm³/mol. The minimum atomic E-state index is -0.181. The van der Waals surface area contributed by atoms with Gasteiger partial charge in [0.2, 0.25) is 0 Å². The molecule has 2 aliphatic rings. The van der Waals surface area contributed by atoms with Gasteiger partial charge in [-0.2, -0.15) is 0 Å². The molecule has 0 radical (unpaired) electrons. The van der Waals surface area contributed by atoms with Crippen LogP contribution in [-0.2, 0) is 4.74 Å². The number of nitrogens with zero attached hydrogens (tertiary/aromatic N) is 1. The summed E-state index contributed by atoms with van der Waals surface area (Å²) in [4.78, 5) is 14.0. The first-order chi connectivity index (χ1) is 6.74. The number of carbonyl (C=O) groups excluding carboxylic acids is 1. The first kappa shape index (κ1) is 10.0. The maximum Gasteiger partial charge on any atom is 0.410 e. The molecule has 2 fully saturated rings. The van der Waals surface area contributed by atoms with Crippen molar-refractivity contribution in [3.63, 3.8) is 0 Å². The topological polar surface area (TPSA) is 29.5 Å². The lowest BCUT2D eigenvalue weighted by Crippen LogP contribution is -2.37. The molecule has 0 saturated carbocycles. The molecule has 4 heteroatoms. The molecule has 14 heavy (non-hydrogen) atoms. The first-order valence-corrected chi connectivity index (χ1v) is 5.85. The average molecular weight is 260 g/mol. The number of ether oxygens (including phenoxy) is 1. The molecular formula is C10H14BrNO2. The van der Waals surface area contributed by atoms with Crippen molar-refractivity contribution in [3.05, 3.63) is 12.7 Å². The van der Waals surface area contributed by atoms with Crippen molar-refractivity contribution in [3.8, 4) is 0 Å². The normalized spacial score (nSPS) is 34.6. The van der Waals surface area contributed by atoms with Crippen LogP contribution >= 0.6 is 15.9 Å². The quantitative estimate of drug-likeness (QED) is 0.563. The second-order valence-electron chi connectivity index (χ2n) is 3.82. The summed E-state index contributed by atoms with van der Waals surface area (Å²) in [6.45, 7) is 3.83. The van der Waals surface area contributed by atoms with E-state index in [4.69, 9.17) is 4.74 Å². The molecule has 78 valence electrons. The van der Waals surface area contributed by atoms with Crippen LogP contribution < -0.4 is 0 Å². The molecule has 2 bridgehead atoms. The zero-order chi connectivity index (χ0) is 10.1. The number of fused-ring (bicyclic) bond motifs is 2. The van der Waals surface area contributed by atoms with E-state index in [-0.39, 0.29) is 6.09 Å². The van der Waals surface area contributed by atoms with Crippen LogP contribution in [0.1, 0.15) is 19.3 Å². The Morgan fingerprint density at radius 1 is 1.64 bits per heavy atom. The number of hydrogen-bond donors (Lipinski definition) is 0. The number of rotatable bonds is 2. The van der Waals surface area contributed by atoms with Gasteiger partial charge in [0.05, 0.1) is 0 Å². The second-order valence-corrected chi connectivity index (χ2v) is 5.00. The molecule has 0 unspecified atom stereocenters. The van der Waals surface area contributed by atoms with Gasteiger partial charge in [0.25, 0.3) is 0 Å². The van der Waals surface area contributed by atoms with Crippen LogP contribution in [0.15, 0.2) is 12.7 Å². The molecule has 0 aromatic carbocycles. The van der Waals surface area contributed by atoms with Crippen molar-refractivity contribution in [2.75, 3.05) is 6.61 Å². The third-order valence-electron chi connectivity index (χ3n) is 3.00. The Morgan fingerprint density at radius 2 is 2.43 bits per heavy atom. The number of carbonyl (C=O) groups is 1. The Labute approximate surface area is 92.2 Å². The van der Waals surface area contributed by atoms with Gasteiger partial charge in [-0.15, -0.1) is 0 Å². The molecular weight excluding hydrogens is 246 g/mol. The van der Waals surface area contributed by atoms with Gasteiger partial charge in [0, 0.05) is 16.9 Å². The summed E-state index contributed by atoms with van der Waals surface area (Å²) in [7, 11) is 0. The number of halogens is 1. The summed E-state index contributed by atoms with van der Waals surface area (Å²) in [5.41, 5.74) is 0. The molecule has 0 aliphatic carbocycles. The lowest BCUT2D eigenvalue weighted by molar-refractivity contribution is 0.107. The summed E-state index contributed by atoms with van der Waals surface area (Å²) in [6.07, 6.45) is 4.70. The van der Waals surface area contributed by atoms with Crippen LogP contribution in [0, 0.1) is 0 Å².